The molecule has 2 N–H and O–H groups in total. The second kappa shape index (κ2) is 8.17. The van der Waals surface area contributed by atoms with Crippen LogP contribution < -0.4 is 10.6 Å². The minimum atomic E-state index is -1.15. The summed E-state index contributed by atoms with van der Waals surface area (Å²) in [6.07, 6.45) is 0.196. The van der Waals surface area contributed by atoms with Crippen molar-refractivity contribution in [3.05, 3.63) is 93.9 Å². The van der Waals surface area contributed by atoms with Crippen molar-refractivity contribution in [1.82, 2.24) is 5.32 Å². The molecule has 0 aliphatic carbocycles. The van der Waals surface area contributed by atoms with Crippen molar-refractivity contribution < 1.29 is 18.9 Å². The van der Waals surface area contributed by atoms with Gasteiger partial charge in [-0.05, 0) is 25.1 Å². The lowest BCUT2D eigenvalue weighted by molar-refractivity contribution is -0.384. The fourth-order valence-electron chi connectivity index (χ4n) is 2.54. The van der Waals surface area contributed by atoms with Crippen LogP contribution in [0.5, 0.6) is 0 Å². The van der Waals surface area contributed by atoms with E-state index in [1.54, 1.807) is 36.4 Å². The van der Waals surface area contributed by atoms with Crippen molar-refractivity contribution in [3.8, 4) is 0 Å². The minimum Gasteiger partial charge on any atom is -0.459 e. The van der Waals surface area contributed by atoms with Crippen LogP contribution in [-0.4, -0.2) is 22.8 Å². The van der Waals surface area contributed by atoms with E-state index in [9.17, 15) is 19.7 Å². The zero-order chi connectivity index (χ0) is 20.1. The number of non-ortho nitro benzene ring substituents is 1. The monoisotopic (exact) mass is 379 g/mol. The molecule has 142 valence electrons. The number of anilines is 1. The number of nitrogens with one attached hydrogen (secondary N) is 2. The highest BCUT2D eigenvalue weighted by atomic mass is 16.6. The van der Waals surface area contributed by atoms with Crippen LogP contribution in [0, 0.1) is 17.0 Å². The summed E-state index contributed by atoms with van der Waals surface area (Å²) in [6.45, 7) is 1.89. The first-order valence-corrected chi connectivity index (χ1v) is 8.40. The van der Waals surface area contributed by atoms with E-state index in [1.165, 1.54) is 30.5 Å². The molecule has 2 aromatic carbocycles. The Morgan fingerprint density at radius 2 is 1.82 bits per heavy atom. The Bertz CT molecular complexity index is 997. The third-order valence-electron chi connectivity index (χ3n) is 3.99. The Kier molecular flexibility index (Phi) is 5.50. The fraction of sp³-hybridized carbons (Fsp3) is 0.100. The van der Waals surface area contributed by atoms with Crippen molar-refractivity contribution in [1.29, 1.82) is 0 Å². The number of ketones is 1. The number of Topliss-reactive ketones (excluding diaryl/α,β-unsaturated/α-hetero) is 1. The third-order valence-corrected chi connectivity index (χ3v) is 3.99. The number of rotatable bonds is 7. The van der Waals surface area contributed by atoms with Gasteiger partial charge in [-0.25, -0.2) is 0 Å². The number of nitro groups is 1. The lowest BCUT2D eigenvalue weighted by Gasteiger charge is -2.20. The summed E-state index contributed by atoms with van der Waals surface area (Å²) in [4.78, 5) is 35.8. The first kappa shape index (κ1) is 18.8. The highest BCUT2D eigenvalue weighted by Gasteiger charge is 2.24. The zero-order valence-corrected chi connectivity index (χ0v) is 14.9. The number of hydrogen-bond donors (Lipinski definition) is 2. The number of aryl methyl sites for hydroxylation is 1. The molecule has 0 aliphatic heterocycles. The molecule has 0 fully saturated rings. The Balaban J connectivity index is 1.88. The number of carbonyl (C=O) groups excluding carboxylic acids is 2. The number of hydrogen-bond acceptors (Lipinski definition) is 6. The smallest absolute Gasteiger partial charge is 0.288 e. The molecule has 28 heavy (non-hydrogen) atoms. The summed E-state index contributed by atoms with van der Waals surface area (Å²) in [6, 6.07) is 15.6. The van der Waals surface area contributed by atoms with Crippen molar-refractivity contribution in [2.75, 3.05) is 5.32 Å². The van der Waals surface area contributed by atoms with Gasteiger partial charge in [-0.3, -0.25) is 19.7 Å². The summed E-state index contributed by atoms with van der Waals surface area (Å²) >= 11 is 0. The van der Waals surface area contributed by atoms with Crippen LogP contribution in [0.4, 0.5) is 11.4 Å². The molecular weight excluding hydrogens is 362 g/mol. The summed E-state index contributed by atoms with van der Waals surface area (Å²) < 4.78 is 5.06. The van der Waals surface area contributed by atoms with E-state index in [0.29, 0.717) is 11.3 Å². The van der Waals surface area contributed by atoms with Gasteiger partial charge in [0.2, 0.25) is 5.78 Å². The molecule has 0 bridgehead atoms. The predicted octanol–water partition coefficient (Wildman–Crippen LogP) is 3.55. The maximum atomic E-state index is 12.9. The summed E-state index contributed by atoms with van der Waals surface area (Å²) in [5.74, 6) is -0.942. The number of nitrogens with zero attached hydrogens (tertiary/aromatic N) is 1. The number of amides is 1. The van der Waals surface area contributed by atoms with E-state index in [0.717, 1.165) is 5.56 Å². The van der Waals surface area contributed by atoms with Crippen LogP contribution in [0.25, 0.3) is 0 Å². The number of benzene rings is 2. The third kappa shape index (κ3) is 4.42. The summed E-state index contributed by atoms with van der Waals surface area (Å²) in [5.41, 5.74) is 1.55. The molecule has 3 rings (SSSR count). The first-order valence-electron chi connectivity index (χ1n) is 8.40. The van der Waals surface area contributed by atoms with E-state index < -0.39 is 22.8 Å². The Labute approximate surface area is 160 Å². The highest BCUT2D eigenvalue weighted by molar-refractivity contribution is 6.04. The molecular formula is C20H17N3O5. The second-order valence-corrected chi connectivity index (χ2v) is 6.07. The fourth-order valence-corrected chi connectivity index (χ4v) is 2.54. The molecule has 0 aliphatic rings. The molecule has 0 saturated carbocycles. The van der Waals surface area contributed by atoms with Gasteiger partial charge in [-0.1, -0.05) is 35.9 Å². The van der Waals surface area contributed by atoms with E-state index in [4.69, 9.17) is 4.42 Å². The van der Waals surface area contributed by atoms with Crippen LogP contribution in [0.2, 0.25) is 0 Å². The molecule has 3 aromatic rings. The van der Waals surface area contributed by atoms with Gasteiger partial charge >= 0.3 is 0 Å². The van der Waals surface area contributed by atoms with Gasteiger partial charge in [-0.15, -0.1) is 0 Å². The summed E-state index contributed by atoms with van der Waals surface area (Å²) in [7, 11) is 0. The van der Waals surface area contributed by atoms with Crippen molar-refractivity contribution in [2.24, 2.45) is 0 Å². The molecule has 1 heterocycles. The number of carbonyl (C=O) groups is 2. The zero-order valence-electron chi connectivity index (χ0n) is 14.9. The average molecular weight is 379 g/mol. The van der Waals surface area contributed by atoms with Gasteiger partial charge in [0.25, 0.3) is 11.6 Å². The largest absolute Gasteiger partial charge is 0.459 e. The molecule has 1 unspecified atom stereocenters. The SMILES string of the molecule is Cc1ccc(C(=O)C(NC(=O)c2ccco2)Nc2cccc([N+](=O)[O-])c2)cc1. The lowest BCUT2D eigenvalue weighted by Crippen LogP contribution is -2.46. The molecule has 0 spiro atoms. The quantitative estimate of drug-likeness (QED) is 0.281. The maximum Gasteiger partial charge on any atom is 0.288 e. The average Bonchev–Trinajstić information content (AvgIpc) is 3.22. The van der Waals surface area contributed by atoms with Crippen LogP contribution in [-0.2, 0) is 0 Å². The van der Waals surface area contributed by atoms with E-state index >= 15 is 0 Å². The van der Waals surface area contributed by atoms with E-state index in [1.807, 2.05) is 6.92 Å². The van der Waals surface area contributed by atoms with E-state index in [2.05, 4.69) is 10.6 Å². The molecule has 8 nitrogen and oxygen atoms in total. The van der Waals surface area contributed by atoms with Gasteiger partial charge < -0.3 is 15.1 Å². The van der Waals surface area contributed by atoms with Crippen LogP contribution in [0.1, 0.15) is 26.5 Å². The minimum absolute atomic E-state index is 0.0440. The molecule has 8 heteroatoms. The second-order valence-electron chi connectivity index (χ2n) is 6.07. The standard InChI is InChI=1S/C20H17N3O5/c1-13-7-9-14(10-8-13)18(24)19(22-20(25)17-6-3-11-28-17)21-15-4-2-5-16(12-15)23(26)27/h2-12,19,21H,1H3,(H,22,25). The molecule has 1 amide bonds. The van der Waals surface area contributed by atoms with Crippen molar-refractivity contribution in [3.63, 3.8) is 0 Å². The predicted molar refractivity (Wildman–Crippen MR) is 102 cm³/mol. The van der Waals surface area contributed by atoms with Gasteiger partial charge in [-0.2, -0.15) is 0 Å². The van der Waals surface area contributed by atoms with Gasteiger partial charge in [0.05, 0.1) is 11.2 Å². The highest BCUT2D eigenvalue weighted by Crippen LogP contribution is 2.18. The van der Waals surface area contributed by atoms with Crippen molar-refractivity contribution >= 4 is 23.1 Å². The van der Waals surface area contributed by atoms with Crippen molar-refractivity contribution in [2.45, 2.75) is 13.1 Å². The van der Waals surface area contributed by atoms with Crippen LogP contribution in [0.3, 0.4) is 0 Å². The number of nitro benzene ring substituents is 1. The molecule has 1 aromatic heterocycles. The van der Waals surface area contributed by atoms with Crippen LogP contribution >= 0.6 is 0 Å². The first-order chi connectivity index (χ1) is 13.4. The Hall–Kier alpha value is -3.94. The van der Waals surface area contributed by atoms with Gasteiger partial charge in [0, 0.05) is 23.4 Å². The van der Waals surface area contributed by atoms with E-state index in [-0.39, 0.29) is 11.4 Å². The number of furan rings is 1. The summed E-state index contributed by atoms with van der Waals surface area (Å²) in [5, 5.41) is 16.4. The van der Waals surface area contributed by atoms with Crippen LogP contribution in [0.15, 0.2) is 71.3 Å². The molecule has 1 atom stereocenters. The lowest BCUT2D eigenvalue weighted by atomic mass is 10.1. The Morgan fingerprint density at radius 3 is 2.46 bits per heavy atom. The van der Waals surface area contributed by atoms with Gasteiger partial charge in [0.15, 0.2) is 11.9 Å². The molecule has 0 saturated heterocycles. The normalized spacial score (nSPS) is 11.5. The van der Waals surface area contributed by atoms with Gasteiger partial charge in [0.1, 0.15) is 0 Å². The maximum absolute atomic E-state index is 12.9. The molecule has 0 radical (unpaired) electrons. The Morgan fingerprint density at radius 1 is 1.07 bits per heavy atom. The topological polar surface area (TPSA) is 114 Å².